The minimum absolute atomic E-state index is 0.154. The molecule has 0 fully saturated rings. The van der Waals surface area contributed by atoms with Gasteiger partial charge in [0.1, 0.15) is 0 Å². The van der Waals surface area contributed by atoms with E-state index in [2.05, 4.69) is 49.9 Å². The van der Waals surface area contributed by atoms with Crippen molar-refractivity contribution in [1.29, 1.82) is 0 Å². The van der Waals surface area contributed by atoms with Gasteiger partial charge in [0.15, 0.2) is 0 Å². The number of aryl methyl sites for hydroxylation is 1. The summed E-state index contributed by atoms with van der Waals surface area (Å²) in [5.74, 6) is 0. The SMILES string of the molecule is CCC(C(N)=S)N(CC)c1cccc(C)c1. The van der Waals surface area contributed by atoms with Gasteiger partial charge in [-0.15, -0.1) is 0 Å². The number of rotatable bonds is 5. The lowest BCUT2D eigenvalue weighted by Gasteiger charge is -2.31. The number of anilines is 1. The number of nitrogens with two attached hydrogens (primary N) is 1. The van der Waals surface area contributed by atoms with Gasteiger partial charge >= 0.3 is 0 Å². The molecule has 0 radical (unpaired) electrons. The lowest BCUT2D eigenvalue weighted by Crippen LogP contribution is -2.43. The van der Waals surface area contributed by atoms with E-state index in [1.807, 2.05) is 0 Å². The van der Waals surface area contributed by atoms with E-state index in [1.165, 1.54) is 11.3 Å². The number of thiocarbonyl (C=S) groups is 1. The third-order valence-corrected chi connectivity index (χ3v) is 3.04. The van der Waals surface area contributed by atoms with E-state index in [0.717, 1.165) is 13.0 Å². The summed E-state index contributed by atoms with van der Waals surface area (Å²) in [7, 11) is 0. The van der Waals surface area contributed by atoms with Crippen LogP contribution in [0.3, 0.4) is 0 Å². The highest BCUT2D eigenvalue weighted by atomic mass is 32.1. The average molecular weight is 236 g/mol. The van der Waals surface area contributed by atoms with E-state index >= 15 is 0 Å². The second-order valence-electron chi connectivity index (χ2n) is 3.95. The fourth-order valence-electron chi connectivity index (χ4n) is 1.96. The molecule has 88 valence electrons. The molecule has 0 aliphatic rings. The highest BCUT2D eigenvalue weighted by Gasteiger charge is 2.18. The first kappa shape index (κ1) is 13.0. The molecule has 0 spiro atoms. The van der Waals surface area contributed by atoms with Crippen LogP contribution >= 0.6 is 12.2 Å². The molecular weight excluding hydrogens is 216 g/mol. The highest BCUT2D eigenvalue weighted by Crippen LogP contribution is 2.19. The Labute approximate surface area is 103 Å². The Bertz CT molecular complexity index is 363. The van der Waals surface area contributed by atoms with Crippen molar-refractivity contribution in [2.45, 2.75) is 33.2 Å². The summed E-state index contributed by atoms with van der Waals surface area (Å²) in [6.45, 7) is 7.25. The molecule has 16 heavy (non-hydrogen) atoms. The Hall–Kier alpha value is -1.09. The second kappa shape index (κ2) is 5.85. The third-order valence-electron chi connectivity index (χ3n) is 2.77. The van der Waals surface area contributed by atoms with Crippen LogP contribution in [-0.2, 0) is 0 Å². The highest BCUT2D eigenvalue weighted by molar-refractivity contribution is 7.80. The largest absolute Gasteiger partial charge is 0.392 e. The second-order valence-corrected chi connectivity index (χ2v) is 4.42. The van der Waals surface area contributed by atoms with Crippen molar-refractivity contribution in [1.82, 2.24) is 0 Å². The Kier molecular flexibility index (Phi) is 4.74. The zero-order valence-corrected chi connectivity index (χ0v) is 11.1. The van der Waals surface area contributed by atoms with Crippen LogP contribution in [0.1, 0.15) is 25.8 Å². The first-order valence-electron chi connectivity index (χ1n) is 5.72. The van der Waals surface area contributed by atoms with E-state index in [1.54, 1.807) is 0 Å². The molecule has 2 nitrogen and oxygen atoms in total. The van der Waals surface area contributed by atoms with Crippen molar-refractivity contribution < 1.29 is 0 Å². The predicted octanol–water partition coefficient (Wildman–Crippen LogP) is 2.89. The molecule has 0 bridgehead atoms. The Morgan fingerprint density at radius 2 is 2.12 bits per heavy atom. The smallest absolute Gasteiger partial charge is 0.0955 e. The van der Waals surface area contributed by atoms with Gasteiger partial charge in [-0.25, -0.2) is 0 Å². The molecule has 1 unspecified atom stereocenters. The van der Waals surface area contributed by atoms with Crippen LogP contribution < -0.4 is 10.6 Å². The van der Waals surface area contributed by atoms with Crippen LogP contribution in [0.25, 0.3) is 0 Å². The van der Waals surface area contributed by atoms with Crippen molar-refractivity contribution in [2.75, 3.05) is 11.4 Å². The number of benzene rings is 1. The summed E-state index contributed by atoms with van der Waals surface area (Å²) in [5.41, 5.74) is 8.24. The van der Waals surface area contributed by atoms with Gasteiger partial charge in [0.2, 0.25) is 0 Å². The zero-order chi connectivity index (χ0) is 12.1. The summed E-state index contributed by atoms with van der Waals surface area (Å²) >= 11 is 5.13. The van der Waals surface area contributed by atoms with E-state index in [-0.39, 0.29) is 6.04 Å². The fourth-order valence-corrected chi connectivity index (χ4v) is 2.26. The van der Waals surface area contributed by atoms with Gasteiger partial charge < -0.3 is 10.6 Å². The third kappa shape index (κ3) is 2.95. The Morgan fingerprint density at radius 3 is 2.56 bits per heavy atom. The van der Waals surface area contributed by atoms with Gasteiger partial charge in [0.05, 0.1) is 11.0 Å². The molecule has 3 heteroatoms. The van der Waals surface area contributed by atoms with Gasteiger partial charge in [0.25, 0.3) is 0 Å². The number of nitrogens with zero attached hydrogens (tertiary/aromatic N) is 1. The summed E-state index contributed by atoms with van der Waals surface area (Å²) < 4.78 is 0. The van der Waals surface area contributed by atoms with Crippen LogP contribution in [0.15, 0.2) is 24.3 Å². The molecule has 1 rings (SSSR count). The van der Waals surface area contributed by atoms with Gasteiger partial charge in [-0.3, -0.25) is 0 Å². The Balaban J connectivity index is 3.01. The summed E-state index contributed by atoms with van der Waals surface area (Å²) in [4.78, 5) is 2.83. The maximum atomic E-state index is 5.79. The molecule has 1 atom stereocenters. The predicted molar refractivity (Wildman–Crippen MR) is 75.1 cm³/mol. The van der Waals surface area contributed by atoms with Crippen molar-refractivity contribution in [3.8, 4) is 0 Å². The number of hydrogen-bond acceptors (Lipinski definition) is 2. The van der Waals surface area contributed by atoms with E-state index in [9.17, 15) is 0 Å². The van der Waals surface area contributed by atoms with Crippen molar-refractivity contribution in [3.63, 3.8) is 0 Å². The Morgan fingerprint density at radius 1 is 1.44 bits per heavy atom. The number of hydrogen-bond donors (Lipinski definition) is 1. The van der Waals surface area contributed by atoms with E-state index in [4.69, 9.17) is 18.0 Å². The topological polar surface area (TPSA) is 29.3 Å². The zero-order valence-electron chi connectivity index (χ0n) is 10.2. The molecule has 1 aromatic rings. The minimum Gasteiger partial charge on any atom is -0.392 e. The first-order valence-corrected chi connectivity index (χ1v) is 6.13. The van der Waals surface area contributed by atoms with Crippen LogP contribution in [0.2, 0.25) is 0 Å². The standard InChI is InChI=1S/C13H20N2S/c1-4-12(13(14)16)15(5-2)11-8-6-7-10(3)9-11/h6-9,12H,4-5H2,1-3H3,(H2,14,16). The number of likely N-dealkylation sites (N-methyl/N-ethyl adjacent to an activating group) is 1. The summed E-state index contributed by atoms with van der Waals surface area (Å²) in [6, 6.07) is 8.60. The summed E-state index contributed by atoms with van der Waals surface area (Å²) in [6.07, 6.45) is 0.942. The molecule has 2 N–H and O–H groups in total. The van der Waals surface area contributed by atoms with Gasteiger partial charge in [-0.05, 0) is 38.0 Å². The van der Waals surface area contributed by atoms with Crippen LogP contribution in [0, 0.1) is 6.92 Å². The maximum absolute atomic E-state index is 5.79. The van der Waals surface area contributed by atoms with Gasteiger partial charge in [-0.1, -0.05) is 31.3 Å². The molecule has 0 aliphatic heterocycles. The average Bonchev–Trinajstić information content (AvgIpc) is 2.25. The lowest BCUT2D eigenvalue weighted by molar-refractivity contribution is 0.712. The van der Waals surface area contributed by atoms with Crippen LogP contribution in [0.5, 0.6) is 0 Å². The first-order chi connectivity index (χ1) is 7.60. The molecule has 0 aromatic heterocycles. The molecule has 0 amide bonds. The van der Waals surface area contributed by atoms with Gasteiger partial charge in [-0.2, -0.15) is 0 Å². The minimum atomic E-state index is 0.154. The fraction of sp³-hybridized carbons (Fsp3) is 0.462. The van der Waals surface area contributed by atoms with Crippen molar-refractivity contribution in [3.05, 3.63) is 29.8 Å². The van der Waals surface area contributed by atoms with Gasteiger partial charge in [0, 0.05) is 12.2 Å². The quantitative estimate of drug-likeness (QED) is 0.797. The normalized spacial score (nSPS) is 12.2. The molecule has 0 aliphatic carbocycles. The molecular formula is C13H20N2S. The monoisotopic (exact) mass is 236 g/mol. The molecule has 0 saturated carbocycles. The molecule has 1 aromatic carbocycles. The maximum Gasteiger partial charge on any atom is 0.0955 e. The van der Waals surface area contributed by atoms with Crippen LogP contribution in [-0.4, -0.2) is 17.6 Å². The molecule has 0 heterocycles. The van der Waals surface area contributed by atoms with Crippen molar-refractivity contribution >= 4 is 22.9 Å². The van der Waals surface area contributed by atoms with Crippen LogP contribution in [0.4, 0.5) is 5.69 Å². The molecule has 0 saturated heterocycles. The van der Waals surface area contributed by atoms with E-state index in [0.29, 0.717) is 4.99 Å². The van der Waals surface area contributed by atoms with Crippen molar-refractivity contribution in [2.24, 2.45) is 5.73 Å². The van der Waals surface area contributed by atoms with E-state index < -0.39 is 0 Å². The lowest BCUT2D eigenvalue weighted by atomic mass is 10.1. The summed E-state index contributed by atoms with van der Waals surface area (Å²) in [5, 5.41) is 0.